The van der Waals surface area contributed by atoms with Crippen LogP contribution in [-0.4, -0.2) is 258 Å². The van der Waals surface area contributed by atoms with E-state index in [9.17, 15) is 62.6 Å². The first-order valence-corrected chi connectivity index (χ1v) is 36.7. The second kappa shape index (κ2) is 42.1. The van der Waals surface area contributed by atoms with Gasteiger partial charge in [-0.2, -0.15) is 0 Å². The Morgan fingerprint density at radius 3 is 1.32 bits per heavy atom. The number of Topliss-reactive ketones (excluding diaryl/α,β-unsaturated/α-hetero) is 1. The van der Waals surface area contributed by atoms with Crippen LogP contribution >= 0.6 is 0 Å². The summed E-state index contributed by atoms with van der Waals surface area (Å²) in [5.41, 5.74) is 1.91. The summed E-state index contributed by atoms with van der Waals surface area (Å²) in [5, 5.41) is 27.8. The summed E-state index contributed by atoms with van der Waals surface area (Å²) >= 11 is 0. The van der Waals surface area contributed by atoms with Gasteiger partial charge in [-0.3, -0.25) is 67.2 Å². The van der Waals surface area contributed by atoms with Gasteiger partial charge in [-0.15, -0.1) is 0 Å². The molecule has 0 saturated carbocycles. The summed E-state index contributed by atoms with van der Waals surface area (Å²) in [7, 11) is 10.4. The van der Waals surface area contributed by atoms with E-state index in [0.29, 0.717) is 29.8 Å². The largest absolute Gasteiger partial charge is 0.391 e. The molecule has 580 valence electrons. The number of carbonyl (C=O) groups is 13. The van der Waals surface area contributed by atoms with Crippen LogP contribution in [0.15, 0.2) is 91.0 Å². The zero-order chi connectivity index (χ0) is 78.9. The summed E-state index contributed by atoms with van der Waals surface area (Å²) in [6.07, 6.45) is 0.644. The number of aliphatic hydroxyl groups is 1. The molecular formula is C78H119N13O14. The van der Waals surface area contributed by atoms with Crippen LogP contribution in [0.1, 0.15) is 138 Å². The van der Waals surface area contributed by atoms with E-state index in [1.54, 1.807) is 156 Å². The van der Waals surface area contributed by atoms with E-state index in [1.807, 2.05) is 27.7 Å². The van der Waals surface area contributed by atoms with Crippen molar-refractivity contribution in [3.8, 4) is 0 Å². The summed E-state index contributed by atoms with van der Waals surface area (Å²) in [6, 6.07) is 13.0. The highest BCUT2D eigenvalue weighted by Gasteiger charge is 2.43. The maximum atomic E-state index is 15.2. The lowest BCUT2D eigenvalue weighted by Gasteiger charge is -2.37. The monoisotopic (exact) mass is 1460 g/mol. The zero-order valence-electron chi connectivity index (χ0n) is 65.3. The normalized spacial score (nSPS) is 15.8. The van der Waals surface area contributed by atoms with Crippen LogP contribution in [0, 0.1) is 23.7 Å². The van der Waals surface area contributed by atoms with Crippen LogP contribution in [-0.2, 0) is 81.6 Å². The molecule has 0 aromatic heterocycles. The Morgan fingerprint density at radius 1 is 0.429 bits per heavy atom. The molecular weight excluding hydrogens is 1340 g/mol. The van der Waals surface area contributed by atoms with Crippen molar-refractivity contribution in [1.82, 2.24) is 66.2 Å². The van der Waals surface area contributed by atoms with Crippen LogP contribution in [0.3, 0.4) is 0 Å². The Morgan fingerprint density at radius 2 is 0.857 bits per heavy atom. The Balaban J connectivity index is 1.60. The molecule has 3 aromatic carbocycles. The number of piperidine rings is 1. The van der Waals surface area contributed by atoms with Gasteiger partial charge in [0.05, 0.1) is 18.7 Å². The molecule has 1 aliphatic rings. The number of likely N-dealkylation sites (N-methyl/N-ethyl adjacent to an activating group) is 6. The van der Waals surface area contributed by atoms with E-state index in [1.165, 1.54) is 58.9 Å². The van der Waals surface area contributed by atoms with E-state index < -0.39 is 162 Å². The molecule has 0 unspecified atom stereocenters. The fraction of sp³-hybridized carbons (Fsp3) is 0.603. The number of nitrogens with zero attached hydrogens (tertiary/aromatic N) is 7. The van der Waals surface area contributed by atoms with Crippen LogP contribution in [0.25, 0.3) is 0 Å². The number of ketones is 1. The number of likely N-dealkylation sites (tertiary alicyclic amines) is 1. The summed E-state index contributed by atoms with van der Waals surface area (Å²) in [4.78, 5) is 196. The maximum Gasteiger partial charge on any atom is 0.248 e. The lowest BCUT2D eigenvalue weighted by atomic mass is 9.97. The van der Waals surface area contributed by atoms with Gasteiger partial charge in [0.15, 0.2) is 0 Å². The Hall–Kier alpha value is -9.11. The van der Waals surface area contributed by atoms with Crippen molar-refractivity contribution in [3.63, 3.8) is 0 Å². The molecule has 12 amide bonds. The Labute approximate surface area is 621 Å². The number of amides is 12. The molecule has 27 heteroatoms. The van der Waals surface area contributed by atoms with Crippen molar-refractivity contribution in [2.24, 2.45) is 23.7 Å². The number of benzene rings is 3. The smallest absolute Gasteiger partial charge is 0.248 e. The van der Waals surface area contributed by atoms with Gasteiger partial charge in [0.25, 0.3) is 0 Å². The van der Waals surface area contributed by atoms with E-state index >= 15 is 4.79 Å². The summed E-state index contributed by atoms with van der Waals surface area (Å²) < 4.78 is 0. The van der Waals surface area contributed by atoms with Crippen molar-refractivity contribution in [2.75, 3.05) is 69.0 Å². The Bertz CT molecular complexity index is 3400. The molecule has 105 heavy (non-hydrogen) atoms. The molecule has 12 atom stereocenters. The highest BCUT2D eigenvalue weighted by Crippen LogP contribution is 2.22. The van der Waals surface area contributed by atoms with Gasteiger partial charge in [-0.05, 0) is 114 Å². The van der Waals surface area contributed by atoms with E-state index in [-0.39, 0.29) is 55.8 Å². The minimum absolute atomic E-state index is 0.0117. The topological polar surface area (TPSA) is 337 Å². The molecule has 1 heterocycles. The molecule has 3 aromatic rings. The van der Waals surface area contributed by atoms with Crippen molar-refractivity contribution >= 4 is 76.7 Å². The molecule has 4 rings (SSSR count). The van der Waals surface area contributed by atoms with Gasteiger partial charge in [-0.1, -0.05) is 146 Å². The van der Waals surface area contributed by atoms with Gasteiger partial charge in [-0.25, -0.2) is 0 Å². The number of rotatable bonds is 39. The zero-order valence-corrected chi connectivity index (χ0v) is 65.3. The molecule has 1 aliphatic heterocycles. The van der Waals surface area contributed by atoms with Gasteiger partial charge in [0.2, 0.25) is 70.9 Å². The molecule has 1 fully saturated rings. The van der Waals surface area contributed by atoms with E-state index in [2.05, 4.69) is 31.9 Å². The third-order valence-corrected chi connectivity index (χ3v) is 19.4. The first-order chi connectivity index (χ1) is 49.3. The molecule has 0 spiro atoms. The quantitative estimate of drug-likeness (QED) is 0.0432. The summed E-state index contributed by atoms with van der Waals surface area (Å²) in [6.45, 7) is 20.5. The standard InChI is InChI=1S/C78H119N13O14/c1-47(2)40-60(87(16)76(103)63(45-57-36-28-22-29-37-57)89(18)78(105)66(54(12)93)84-72(99)61(41-48(3)4)88(17)77(104)65(49(5)6)83-68(95)53(11)85(13)14)70(97)79-46-64(94)90(19)67(50(7)8)73(100)81-58(43-55-32-24-20-25-33-55)69(96)82-59(42-51(9)92)75(102)86(15)62(44-56-34-26-21-27-35-56)71(98)80-52(10)74(101)91-38-30-23-31-39-91/h20-22,24-29,32-37,47-50,52-54,58-63,65-67,93H,23,30-31,38-46H2,1-19H3,(H,79,97)(H,80,98)(H,81,100)(H,82,96)(H,83,95)(H,84,99)/t52-,53+,54+,58-,59-,60-,61-,62-,63-,65-,66-,67-/m0/s1. The number of hydrogen-bond acceptors (Lipinski definition) is 15. The molecule has 1 saturated heterocycles. The number of aliphatic hydroxyl groups excluding tert-OH is 1. The predicted octanol–water partition coefficient (Wildman–Crippen LogP) is 3.14. The van der Waals surface area contributed by atoms with Crippen molar-refractivity contribution < 1.29 is 67.4 Å². The third-order valence-electron chi connectivity index (χ3n) is 19.4. The van der Waals surface area contributed by atoms with Gasteiger partial charge >= 0.3 is 0 Å². The van der Waals surface area contributed by atoms with Crippen molar-refractivity contribution in [2.45, 2.75) is 213 Å². The van der Waals surface area contributed by atoms with Crippen LogP contribution in [0.2, 0.25) is 0 Å². The second-order valence-electron chi connectivity index (χ2n) is 29.8. The number of carbonyl (C=O) groups excluding carboxylic acids is 13. The predicted molar refractivity (Wildman–Crippen MR) is 401 cm³/mol. The van der Waals surface area contributed by atoms with Crippen LogP contribution < -0.4 is 31.9 Å². The average molecular weight is 1460 g/mol. The minimum Gasteiger partial charge on any atom is -0.391 e. The molecule has 7 N–H and O–H groups in total. The van der Waals surface area contributed by atoms with Crippen LogP contribution in [0.4, 0.5) is 0 Å². The highest BCUT2D eigenvalue weighted by molar-refractivity contribution is 6.00. The number of nitrogens with one attached hydrogen (secondary N) is 6. The van der Waals surface area contributed by atoms with Crippen molar-refractivity contribution in [3.05, 3.63) is 108 Å². The van der Waals surface area contributed by atoms with Gasteiger partial charge in [0.1, 0.15) is 66.2 Å². The van der Waals surface area contributed by atoms with Crippen molar-refractivity contribution in [1.29, 1.82) is 0 Å². The minimum atomic E-state index is -1.65. The highest BCUT2D eigenvalue weighted by atomic mass is 16.3. The first-order valence-electron chi connectivity index (χ1n) is 36.7. The van der Waals surface area contributed by atoms with Crippen LogP contribution in [0.5, 0.6) is 0 Å². The fourth-order valence-electron chi connectivity index (χ4n) is 12.8. The van der Waals surface area contributed by atoms with E-state index in [0.717, 1.165) is 34.0 Å². The van der Waals surface area contributed by atoms with E-state index in [4.69, 9.17) is 0 Å². The van der Waals surface area contributed by atoms with Gasteiger partial charge < -0.3 is 66.4 Å². The van der Waals surface area contributed by atoms with Gasteiger partial charge in [0, 0.05) is 74.0 Å². The maximum absolute atomic E-state index is 15.2. The molecule has 0 radical (unpaired) electrons. The second-order valence-corrected chi connectivity index (χ2v) is 29.8. The number of hydrogen-bond donors (Lipinski definition) is 7. The lowest BCUT2D eigenvalue weighted by Crippen LogP contribution is -2.62. The Kier molecular flexibility index (Phi) is 35.4. The molecule has 0 aliphatic carbocycles. The molecule has 0 bridgehead atoms. The SMILES string of the molecule is CC(=O)C[C@H](NC(=O)[C@H](Cc1ccccc1)NC(=O)[C@H](C(C)C)N(C)C(=O)CNC(=O)[C@H](CC(C)C)N(C)C(=O)[C@H](Cc1ccccc1)N(C)C(=O)[C@@H](NC(=O)[C@H](CC(C)C)N(C)C(=O)[C@@H](NC(=O)[C@@H](C)N(C)C)C(C)C)[C@@H](C)O)C(=O)N(C)[C@@H](Cc1ccccc1)C(=O)N[C@@H](C)C(=O)N1CCCCC1. The first kappa shape index (κ1) is 88.3. The lowest BCUT2D eigenvalue weighted by molar-refractivity contribution is -0.151. The summed E-state index contributed by atoms with van der Waals surface area (Å²) in [5.74, 6) is -9.96. The fourth-order valence-corrected chi connectivity index (χ4v) is 12.8. The third kappa shape index (κ3) is 26.5. The average Bonchev–Trinajstić information content (AvgIpc) is 0.806. The molecule has 27 nitrogen and oxygen atoms in total.